The van der Waals surface area contributed by atoms with E-state index in [-0.39, 0.29) is 22.6 Å². The van der Waals surface area contributed by atoms with Crippen molar-refractivity contribution < 1.29 is 17.6 Å². The van der Waals surface area contributed by atoms with Crippen LogP contribution in [0.15, 0.2) is 24.3 Å². The van der Waals surface area contributed by atoms with E-state index in [9.17, 15) is 17.6 Å². The zero-order chi connectivity index (χ0) is 18.8. The maximum atomic E-state index is 14.7. The molecule has 0 spiro atoms. The third-order valence-electron chi connectivity index (χ3n) is 5.66. The Hall–Kier alpha value is -1.84. The van der Waals surface area contributed by atoms with Crippen LogP contribution in [0.3, 0.4) is 0 Å². The van der Waals surface area contributed by atoms with Crippen molar-refractivity contribution in [3.8, 4) is 11.1 Å². The van der Waals surface area contributed by atoms with Crippen molar-refractivity contribution in [2.75, 3.05) is 0 Å². The van der Waals surface area contributed by atoms with Gasteiger partial charge in [-0.3, -0.25) is 0 Å². The molecule has 26 heavy (non-hydrogen) atoms. The van der Waals surface area contributed by atoms with Crippen LogP contribution < -0.4 is 0 Å². The first-order valence-electron chi connectivity index (χ1n) is 9.36. The van der Waals surface area contributed by atoms with Crippen molar-refractivity contribution in [2.24, 2.45) is 5.92 Å². The van der Waals surface area contributed by atoms with Crippen molar-refractivity contribution in [1.82, 2.24) is 0 Å². The topological polar surface area (TPSA) is 0 Å². The predicted octanol–water partition coefficient (Wildman–Crippen LogP) is 7.29. The van der Waals surface area contributed by atoms with Gasteiger partial charge in [-0.25, -0.2) is 17.6 Å². The van der Waals surface area contributed by atoms with Gasteiger partial charge in [-0.15, -0.1) is 0 Å². The van der Waals surface area contributed by atoms with Gasteiger partial charge in [0.05, 0.1) is 0 Å². The fraction of sp³-hybridized carbons (Fsp3) is 0.455. The normalized spacial score (nSPS) is 20.4. The Morgan fingerprint density at radius 3 is 1.96 bits per heavy atom. The minimum atomic E-state index is -1.14. The third-order valence-corrected chi connectivity index (χ3v) is 5.66. The van der Waals surface area contributed by atoms with Crippen LogP contribution in [0.25, 0.3) is 11.1 Å². The molecule has 1 aliphatic carbocycles. The van der Waals surface area contributed by atoms with Gasteiger partial charge in [0.2, 0.25) is 0 Å². The summed E-state index contributed by atoms with van der Waals surface area (Å²) in [6.07, 6.45) is 6.06. The molecule has 0 unspecified atom stereocenters. The van der Waals surface area contributed by atoms with Crippen LogP contribution >= 0.6 is 0 Å². The van der Waals surface area contributed by atoms with E-state index in [0.717, 1.165) is 32.1 Å². The van der Waals surface area contributed by atoms with E-state index in [0.29, 0.717) is 11.5 Å². The van der Waals surface area contributed by atoms with Crippen molar-refractivity contribution in [3.63, 3.8) is 0 Å². The fourth-order valence-electron chi connectivity index (χ4n) is 4.11. The Labute approximate surface area is 152 Å². The van der Waals surface area contributed by atoms with Crippen LogP contribution in [0.2, 0.25) is 0 Å². The van der Waals surface area contributed by atoms with Gasteiger partial charge in [0, 0.05) is 11.1 Å². The lowest BCUT2D eigenvalue weighted by molar-refractivity contribution is 0.303. The number of benzene rings is 2. The molecule has 0 N–H and O–H groups in total. The van der Waals surface area contributed by atoms with Crippen LogP contribution in [0.1, 0.15) is 62.5 Å². The molecule has 0 bridgehead atoms. The first kappa shape index (κ1) is 18.9. The summed E-state index contributed by atoms with van der Waals surface area (Å²) in [4.78, 5) is 0. The van der Waals surface area contributed by atoms with Gasteiger partial charge in [-0.05, 0) is 55.6 Å². The van der Waals surface area contributed by atoms with E-state index in [1.54, 1.807) is 0 Å². The highest BCUT2D eigenvalue weighted by molar-refractivity contribution is 5.66. The van der Waals surface area contributed by atoms with Gasteiger partial charge < -0.3 is 0 Å². The number of rotatable bonds is 4. The van der Waals surface area contributed by atoms with Gasteiger partial charge in [0.25, 0.3) is 0 Å². The van der Waals surface area contributed by atoms with Crippen LogP contribution in [-0.2, 0) is 0 Å². The van der Waals surface area contributed by atoms with Gasteiger partial charge in [-0.2, -0.15) is 0 Å². The molecule has 2 aromatic carbocycles. The zero-order valence-electron chi connectivity index (χ0n) is 15.2. The average molecular weight is 364 g/mol. The maximum Gasteiger partial charge on any atom is 0.167 e. The van der Waals surface area contributed by atoms with Crippen LogP contribution in [0.4, 0.5) is 17.6 Å². The highest BCUT2D eigenvalue weighted by atomic mass is 19.2. The lowest BCUT2D eigenvalue weighted by atomic mass is 9.77. The zero-order valence-corrected chi connectivity index (χ0v) is 15.2. The molecule has 2 aromatic rings. The summed E-state index contributed by atoms with van der Waals surface area (Å²) in [5, 5.41) is 0. The molecule has 0 saturated heterocycles. The molecule has 1 saturated carbocycles. The van der Waals surface area contributed by atoms with Gasteiger partial charge in [0.1, 0.15) is 0 Å². The first-order valence-corrected chi connectivity index (χ1v) is 9.36. The third kappa shape index (κ3) is 3.51. The summed E-state index contributed by atoms with van der Waals surface area (Å²) in [6.45, 7) is 3.59. The molecular weight excluding hydrogens is 340 g/mol. The van der Waals surface area contributed by atoms with Gasteiger partial charge in [0.15, 0.2) is 23.3 Å². The molecule has 140 valence electrons. The van der Waals surface area contributed by atoms with Crippen LogP contribution in [0.5, 0.6) is 0 Å². The molecule has 0 aliphatic heterocycles. The van der Waals surface area contributed by atoms with Gasteiger partial charge >= 0.3 is 0 Å². The first-order chi connectivity index (χ1) is 12.4. The van der Waals surface area contributed by atoms with Crippen molar-refractivity contribution >= 4 is 0 Å². The SMILES string of the molecule is CCCC1CCC(c2ccc(-c3ccc(C)c(F)c3F)c(F)c2F)CC1. The molecule has 1 aliphatic rings. The van der Waals surface area contributed by atoms with Crippen molar-refractivity contribution in [2.45, 2.75) is 58.3 Å². The Bertz CT molecular complexity index is 789. The summed E-state index contributed by atoms with van der Waals surface area (Å²) in [7, 11) is 0. The quantitative estimate of drug-likeness (QED) is 0.500. The molecule has 0 aromatic heterocycles. The van der Waals surface area contributed by atoms with Gasteiger partial charge in [-0.1, -0.05) is 44.0 Å². The van der Waals surface area contributed by atoms with E-state index in [1.807, 2.05) is 0 Å². The second kappa shape index (κ2) is 7.81. The largest absolute Gasteiger partial charge is 0.203 e. The highest BCUT2D eigenvalue weighted by Gasteiger charge is 2.27. The van der Waals surface area contributed by atoms with E-state index in [4.69, 9.17) is 0 Å². The minimum Gasteiger partial charge on any atom is -0.203 e. The molecule has 1 fully saturated rings. The lowest BCUT2D eigenvalue weighted by Gasteiger charge is -2.29. The van der Waals surface area contributed by atoms with E-state index in [2.05, 4.69) is 6.92 Å². The molecule has 0 nitrogen and oxygen atoms in total. The minimum absolute atomic E-state index is 0.00810. The van der Waals surface area contributed by atoms with Crippen LogP contribution in [-0.4, -0.2) is 0 Å². The maximum absolute atomic E-state index is 14.7. The molecular formula is C22H24F4. The molecule has 0 amide bonds. The smallest absolute Gasteiger partial charge is 0.167 e. The summed E-state index contributed by atoms with van der Waals surface area (Å²) < 4.78 is 57.3. The molecule has 0 atom stereocenters. The second-order valence-electron chi connectivity index (χ2n) is 7.39. The molecule has 4 heteroatoms. The van der Waals surface area contributed by atoms with Crippen molar-refractivity contribution in [1.29, 1.82) is 0 Å². The summed E-state index contributed by atoms with van der Waals surface area (Å²) in [5.41, 5.74) is 0.00630. The number of hydrogen-bond donors (Lipinski definition) is 0. The summed E-state index contributed by atoms with van der Waals surface area (Å²) in [5.74, 6) is -3.53. The summed E-state index contributed by atoms with van der Waals surface area (Å²) >= 11 is 0. The number of halogens is 4. The van der Waals surface area contributed by atoms with E-state index < -0.39 is 23.3 Å². The number of hydrogen-bond acceptors (Lipinski definition) is 0. The Kier molecular flexibility index (Phi) is 5.69. The van der Waals surface area contributed by atoms with Crippen molar-refractivity contribution in [3.05, 3.63) is 58.7 Å². The predicted molar refractivity (Wildman–Crippen MR) is 96.1 cm³/mol. The standard InChI is InChI=1S/C22H24F4/c1-3-4-14-6-8-15(9-7-14)16-11-12-18(22(26)20(16)24)17-10-5-13(2)19(23)21(17)25/h5,10-12,14-15H,3-4,6-9H2,1-2H3. The van der Waals surface area contributed by atoms with Crippen LogP contribution in [0, 0.1) is 36.1 Å². The van der Waals surface area contributed by atoms with E-state index in [1.165, 1.54) is 37.6 Å². The number of aryl methyl sites for hydroxylation is 1. The van der Waals surface area contributed by atoms with E-state index >= 15 is 0 Å². The lowest BCUT2D eigenvalue weighted by Crippen LogP contribution is -2.15. The summed E-state index contributed by atoms with van der Waals surface area (Å²) in [6, 6.07) is 5.57. The Balaban J connectivity index is 1.89. The Morgan fingerprint density at radius 2 is 1.35 bits per heavy atom. The molecule has 0 heterocycles. The highest BCUT2D eigenvalue weighted by Crippen LogP contribution is 2.40. The Morgan fingerprint density at radius 1 is 0.769 bits per heavy atom. The fourth-order valence-corrected chi connectivity index (χ4v) is 4.11. The average Bonchev–Trinajstić information content (AvgIpc) is 2.64. The second-order valence-corrected chi connectivity index (χ2v) is 7.39. The monoisotopic (exact) mass is 364 g/mol. The molecule has 3 rings (SSSR count). The molecule has 0 radical (unpaired) electrons.